The number of nitrogens with zero attached hydrogens (tertiary/aromatic N) is 1. The fourth-order valence-corrected chi connectivity index (χ4v) is 2.51. The van der Waals surface area contributed by atoms with Crippen molar-refractivity contribution in [3.05, 3.63) is 28.4 Å². The van der Waals surface area contributed by atoms with Crippen LogP contribution < -0.4 is 0 Å². The molecule has 1 aromatic heterocycles. The van der Waals surface area contributed by atoms with Crippen molar-refractivity contribution in [1.82, 2.24) is 10.2 Å². The zero-order chi connectivity index (χ0) is 11.7. The van der Waals surface area contributed by atoms with Gasteiger partial charge in [0.2, 0.25) is 0 Å². The minimum Gasteiger partial charge on any atom is -0.278 e. The van der Waals surface area contributed by atoms with Gasteiger partial charge in [0.15, 0.2) is 0 Å². The summed E-state index contributed by atoms with van der Waals surface area (Å²) < 4.78 is 0. The largest absolute Gasteiger partial charge is 0.278 e. The molecule has 1 aliphatic carbocycles. The first-order chi connectivity index (χ1) is 7.77. The molecule has 0 spiro atoms. The molecule has 0 bridgehead atoms. The summed E-state index contributed by atoms with van der Waals surface area (Å²) in [5, 5.41) is 9.09. The standard InChI is InChI=1S/C11H11ClN2.C2H6/c1-6-8-5-13-14-10(8)4-9(12)11(6)7-2-3-7;1-2/h4-5,7H,2-3H2,1H3,(H,13,14);1-2H3. The lowest BCUT2D eigenvalue weighted by Gasteiger charge is -2.07. The van der Waals surface area contributed by atoms with Gasteiger partial charge >= 0.3 is 0 Å². The number of rotatable bonds is 1. The first-order valence-corrected chi connectivity index (χ1v) is 6.27. The number of aryl methyl sites for hydroxylation is 1. The van der Waals surface area contributed by atoms with Gasteiger partial charge in [-0.1, -0.05) is 25.4 Å². The first kappa shape index (κ1) is 11.5. The van der Waals surface area contributed by atoms with Crippen molar-refractivity contribution < 1.29 is 0 Å². The van der Waals surface area contributed by atoms with Crippen molar-refractivity contribution in [3.63, 3.8) is 0 Å². The maximum absolute atomic E-state index is 6.25. The van der Waals surface area contributed by atoms with Crippen molar-refractivity contribution in [2.24, 2.45) is 0 Å². The topological polar surface area (TPSA) is 28.7 Å². The normalized spacial score (nSPS) is 14.8. The average molecular weight is 237 g/mol. The Morgan fingerprint density at radius 2 is 2.06 bits per heavy atom. The SMILES string of the molecule is CC.Cc1c(C2CC2)c(Cl)cc2[nH]ncc12. The van der Waals surface area contributed by atoms with E-state index in [9.17, 15) is 0 Å². The monoisotopic (exact) mass is 236 g/mol. The van der Waals surface area contributed by atoms with Crippen LogP contribution in [0, 0.1) is 6.92 Å². The van der Waals surface area contributed by atoms with Crippen LogP contribution in [0.3, 0.4) is 0 Å². The number of hydrogen-bond donors (Lipinski definition) is 1. The highest BCUT2D eigenvalue weighted by Crippen LogP contribution is 2.46. The Morgan fingerprint density at radius 1 is 1.38 bits per heavy atom. The predicted molar refractivity (Wildman–Crippen MR) is 69.2 cm³/mol. The summed E-state index contributed by atoms with van der Waals surface area (Å²) in [7, 11) is 0. The van der Waals surface area contributed by atoms with Crippen LogP contribution in [0.15, 0.2) is 12.3 Å². The second kappa shape index (κ2) is 4.46. The molecule has 86 valence electrons. The Bertz CT molecular complexity index is 498. The van der Waals surface area contributed by atoms with Crippen molar-refractivity contribution in [3.8, 4) is 0 Å². The summed E-state index contributed by atoms with van der Waals surface area (Å²) in [6, 6.07) is 1.99. The molecule has 1 heterocycles. The number of benzene rings is 1. The molecule has 0 radical (unpaired) electrons. The lowest BCUT2D eigenvalue weighted by molar-refractivity contribution is 1.11. The van der Waals surface area contributed by atoms with E-state index in [1.54, 1.807) is 0 Å². The number of fused-ring (bicyclic) bond motifs is 1. The molecule has 1 saturated carbocycles. The third-order valence-electron chi connectivity index (χ3n) is 2.99. The molecule has 3 rings (SSSR count). The molecule has 1 aliphatic rings. The molecule has 16 heavy (non-hydrogen) atoms. The van der Waals surface area contributed by atoms with Gasteiger partial charge in [0.1, 0.15) is 0 Å². The Labute approximate surface area is 101 Å². The highest BCUT2D eigenvalue weighted by atomic mass is 35.5. The van der Waals surface area contributed by atoms with Crippen LogP contribution >= 0.6 is 11.6 Å². The number of hydrogen-bond acceptors (Lipinski definition) is 1. The van der Waals surface area contributed by atoms with Gasteiger partial charge in [0, 0.05) is 10.4 Å². The van der Waals surface area contributed by atoms with Crippen LogP contribution in [-0.2, 0) is 0 Å². The van der Waals surface area contributed by atoms with Crippen LogP contribution in [-0.4, -0.2) is 10.2 Å². The average Bonchev–Trinajstić information content (AvgIpc) is 3.00. The summed E-state index contributed by atoms with van der Waals surface area (Å²) in [5.41, 5.74) is 3.67. The molecule has 0 saturated heterocycles. The van der Waals surface area contributed by atoms with Crippen LogP contribution in [0.1, 0.15) is 43.7 Å². The summed E-state index contributed by atoms with van der Waals surface area (Å²) in [4.78, 5) is 0. The summed E-state index contributed by atoms with van der Waals surface area (Å²) >= 11 is 6.25. The van der Waals surface area contributed by atoms with Crippen LogP contribution in [0.4, 0.5) is 0 Å². The van der Waals surface area contributed by atoms with E-state index in [1.807, 2.05) is 26.1 Å². The molecule has 0 amide bonds. The molecule has 0 unspecified atom stereocenters. The minimum atomic E-state index is 0.696. The van der Waals surface area contributed by atoms with E-state index in [0.29, 0.717) is 5.92 Å². The molecule has 1 aromatic carbocycles. The van der Waals surface area contributed by atoms with Gasteiger partial charge in [-0.05, 0) is 42.9 Å². The van der Waals surface area contributed by atoms with E-state index in [4.69, 9.17) is 11.6 Å². The van der Waals surface area contributed by atoms with Crippen LogP contribution in [0.5, 0.6) is 0 Å². The number of nitrogens with one attached hydrogen (secondary N) is 1. The van der Waals surface area contributed by atoms with E-state index in [-0.39, 0.29) is 0 Å². The molecule has 3 heteroatoms. The van der Waals surface area contributed by atoms with Gasteiger partial charge in [-0.25, -0.2) is 0 Å². The Morgan fingerprint density at radius 3 is 2.69 bits per heavy atom. The fourth-order valence-electron chi connectivity index (χ4n) is 2.11. The number of H-pyrrole nitrogens is 1. The molecule has 1 N–H and O–H groups in total. The zero-order valence-electron chi connectivity index (χ0n) is 9.97. The summed E-state index contributed by atoms with van der Waals surface area (Å²) in [5.74, 6) is 0.696. The smallest absolute Gasteiger partial charge is 0.0668 e. The number of aromatic amines is 1. The molecular weight excluding hydrogens is 220 g/mol. The number of aromatic nitrogens is 2. The van der Waals surface area contributed by atoms with Crippen molar-refractivity contribution in [2.75, 3.05) is 0 Å². The Hall–Kier alpha value is -1.02. The van der Waals surface area contributed by atoms with E-state index < -0.39 is 0 Å². The first-order valence-electron chi connectivity index (χ1n) is 5.89. The molecule has 2 aromatic rings. The quantitative estimate of drug-likeness (QED) is 0.780. The maximum atomic E-state index is 6.25. The van der Waals surface area contributed by atoms with Gasteiger partial charge < -0.3 is 0 Å². The summed E-state index contributed by atoms with van der Waals surface area (Å²) in [6.07, 6.45) is 4.45. The third-order valence-corrected chi connectivity index (χ3v) is 3.30. The predicted octanol–water partition coefficient (Wildman–Crippen LogP) is 4.43. The van der Waals surface area contributed by atoms with Crippen LogP contribution in [0.2, 0.25) is 5.02 Å². The van der Waals surface area contributed by atoms with Crippen molar-refractivity contribution >= 4 is 22.5 Å². The highest BCUT2D eigenvalue weighted by molar-refractivity contribution is 6.32. The molecule has 2 nitrogen and oxygen atoms in total. The van der Waals surface area contributed by atoms with Gasteiger partial charge in [0.05, 0.1) is 11.7 Å². The van der Waals surface area contributed by atoms with Crippen molar-refractivity contribution in [1.29, 1.82) is 0 Å². The molecular formula is C13H17ClN2. The second-order valence-electron chi connectivity index (χ2n) is 4.00. The highest BCUT2D eigenvalue weighted by Gasteiger charge is 2.28. The van der Waals surface area contributed by atoms with Gasteiger partial charge in [0.25, 0.3) is 0 Å². The van der Waals surface area contributed by atoms with Gasteiger partial charge in [-0.3, -0.25) is 5.10 Å². The van der Waals surface area contributed by atoms with E-state index in [0.717, 1.165) is 10.5 Å². The zero-order valence-corrected chi connectivity index (χ0v) is 10.7. The van der Waals surface area contributed by atoms with Crippen molar-refractivity contribution in [2.45, 2.75) is 39.5 Å². The second-order valence-corrected chi connectivity index (χ2v) is 4.41. The van der Waals surface area contributed by atoms with E-state index in [1.165, 1.54) is 29.4 Å². The van der Waals surface area contributed by atoms with Crippen LogP contribution in [0.25, 0.3) is 10.9 Å². The Kier molecular flexibility index (Phi) is 3.20. The molecule has 1 fully saturated rings. The van der Waals surface area contributed by atoms with Gasteiger partial charge in [-0.15, -0.1) is 0 Å². The third kappa shape index (κ3) is 1.82. The lowest BCUT2D eigenvalue weighted by Crippen LogP contribution is -1.88. The van der Waals surface area contributed by atoms with Gasteiger partial charge in [-0.2, -0.15) is 5.10 Å². The number of halogens is 1. The Balaban J connectivity index is 0.000000457. The maximum Gasteiger partial charge on any atom is 0.0668 e. The van der Waals surface area contributed by atoms with E-state index in [2.05, 4.69) is 17.1 Å². The van der Waals surface area contributed by atoms with E-state index >= 15 is 0 Å². The molecule has 0 aliphatic heterocycles. The fraction of sp³-hybridized carbons (Fsp3) is 0.462. The molecule has 0 atom stereocenters. The summed E-state index contributed by atoms with van der Waals surface area (Å²) in [6.45, 7) is 6.14. The minimum absolute atomic E-state index is 0.696. The lowest BCUT2D eigenvalue weighted by atomic mass is 10.0.